The van der Waals surface area contributed by atoms with Gasteiger partial charge in [-0.3, -0.25) is 4.79 Å². The van der Waals surface area contributed by atoms with E-state index in [9.17, 15) is 4.79 Å². The Kier molecular flexibility index (Phi) is 7.12. The number of carbonyl (C=O) groups is 1. The van der Waals surface area contributed by atoms with Gasteiger partial charge < -0.3 is 4.74 Å². The molecule has 0 fully saturated rings. The molecule has 4 heteroatoms. The van der Waals surface area contributed by atoms with Gasteiger partial charge in [-0.25, -0.2) is 0 Å². The molecule has 1 atom stereocenters. The van der Waals surface area contributed by atoms with Gasteiger partial charge in [0.1, 0.15) is 0 Å². The highest BCUT2D eigenvalue weighted by molar-refractivity contribution is 8.00. The highest BCUT2D eigenvalue weighted by Crippen LogP contribution is 2.14. The summed E-state index contributed by atoms with van der Waals surface area (Å²) in [6.07, 6.45) is 2.27. The van der Waals surface area contributed by atoms with Gasteiger partial charge in [0.2, 0.25) is 0 Å². The second kappa shape index (κ2) is 7.69. The topological polar surface area (TPSA) is 50.1 Å². The van der Waals surface area contributed by atoms with Crippen LogP contribution in [0.15, 0.2) is 12.7 Å². The number of thioether (sulfide) groups is 1. The summed E-state index contributed by atoms with van der Waals surface area (Å²) in [5.41, 5.74) is 0. The highest BCUT2D eigenvalue weighted by atomic mass is 32.2. The van der Waals surface area contributed by atoms with Crippen molar-refractivity contribution < 1.29 is 9.53 Å². The van der Waals surface area contributed by atoms with Crippen molar-refractivity contribution in [3.8, 4) is 6.07 Å². The molecule has 0 heterocycles. The fraction of sp³-hybridized carbons (Fsp3) is 0.556. The van der Waals surface area contributed by atoms with Crippen LogP contribution in [-0.2, 0) is 9.53 Å². The quantitative estimate of drug-likeness (QED) is 0.483. The first kappa shape index (κ1) is 12.0. The van der Waals surface area contributed by atoms with Crippen LogP contribution in [0.3, 0.4) is 0 Å². The first-order valence-electron chi connectivity index (χ1n) is 4.02. The van der Waals surface area contributed by atoms with Crippen LogP contribution >= 0.6 is 11.8 Å². The Bertz CT molecular complexity index is 210. The van der Waals surface area contributed by atoms with Gasteiger partial charge in [-0.2, -0.15) is 5.26 Å². The summed E-state index contributed by atoms with van der Waals surface area (Å²) in [6.45, 7) is 5.68. The number of hydrogen-bond donors (Lipinski definition) is 0. The molecule has 0 saturated heterocycles. The van der Waals surface area contributed by atoms with Crippen molar-refractivity contribution in [2.24, 2.45) is 0 Å². The maximum Gasteiger partial charge on any atom is 0.315 e. The Morgan fingerprint density at radius 1 is 1.85 bits per heavy atom. The van der Waals surface area contributed by atoms with Crippen molar-refractivity contribution in [1.29, 1.82) is 5.26 Å². The number of esters is 1. The Morgan fingerprint density at radius 2 is 2.54 bits per heavy atom. The summed E-state index contributed by atoms with van der Waals surface area (Å²) in [5.74, 6) is -0.0308. The zero-order valence-electron chi connectivity index (χ0n) is 7.66. The van der Waals surface area contributed by atoms with Crippen LogP contribution in [0.1, 0.15) is 13.3 Å². The Balaban J connectivity index is 3.66. The van der Waals surface area contributed by atoms with Crippen LogP contribution < -0.4 is 0 Å². The largest absolute Gasteiger partial charge is 0.465 e. The number of rotatable bonds is 6. The molecule has 0 rings (SSSR count). The predicted octanol–water partition coefficient (Wildman–Crippen LogP) is 1.75. The average Bonchev–Trinajstić information content (AvgIpc) is 2.12. The van der Waals surface area contributed by atoms with Crippen LogP contribution in [0.4, 0.5) is 0 Å². The van der Waals surface area contributed by atoms with Gasteiger partial charge in [-0.05, 0) is 13.3 Å². The second-order valence-electron chi connectivity index (χ2n) is 2.26. The smallest absolute Gasteiger partial charge is 0.315 e. The molecule has 0 amide bonds. The molecule has 0 aliphatic rings. The SMILES string of the molecule is C=CCC(C#N)SCC(=O)OCC. The third-order valence-corrected chi connectivity index (χ3v) is 2.34. The highest BCUT2D eigenvalue weighted by Gasteiger charge is 2.09. The van der Waals surface area contributed by atoms with Gasteiger partial charge >= 0.3 is 5.97 Å². The van der Waals surface area contributed by atoms with Gasteiger partial charge in [-0.1, -0.05) is 6.08 Å². The normalized spacial score (nSPS) is 11.4. The van der Waals surface area contributed by atoms with E-state index in [1.807, 2.05) is 0 Å². The van der Waals surface area contributed by atoms with Gasteiger partial charge in [0.15, 0.2) is 0 Å². The van der Waals surface area contributed by atoms with E-state index in [-0.39, 0.29) is 17.0 Å². The summed E-state index contributed by atoms with van der Waals surface area (Å²) in [6, 6.07) is 2.08. The number of hydrogen-bond acceptors (Lipinski definition) is 4. The Morgan fingerprint density at radius 3 is 3.00 bits per heavy atom. The molecule has 0 aliphatic heterocycles. The fourth-order valence-corrected chi connectivity index (χ4v) is 1.45. The predicted molar refractivity (Wildman–Crippen MR) is 53.3 cm³/mol. The molecular formula is C9H13NO2S. The molecule has 13 heavy (non-hydrogen) atoms. The summed E-state index contributed by atoms with van der Waals surface area (Å²) < 4.78 is 4.72. The van der Waals surface area contributed by atoms with Crippen LogP contribution in [0.25, 0.3) is 0 Å². The average molecular weight is 199 g/mol. The number of nitrogens with zero attached hydrogens (tertiary/aromatic N) is 1. The fourth-order valence-electron chi connectivity index (χ4n) is 0.681. The van der Waals surface area contributed by atoms with Gasteiger partial charge in [0.25, 0.3) is 0 Å². The van der Waals surface area contributed by atoms with Crippen molar-refractivity contribution in [2.45, 2.75) is 18.6 Å². The van der Waals surface area contributed by atoms with Crippen molar-refractivity contribution in [2.75, 3.05) is 12.4 Å². The van der Waals surface area contributed by atoms with E-state index in [0.717, 1.165) is 0 Å². The molecule has 0 bridgehead atoms. The van der Waals surface area contributed by atoms with Crippen LogP contribution in [0, 0.1) is 11.3 Å². The zero-order chi connectivity index (χ0) is 10.1. The molecule has 0 N–H and O–H groups in total. The first-order chi connectivity index (χ1) is 6.24. The summed E-state index contributed by atoms with van der Waals surface area (Å²) >= 11 is 1.29. The van der Waals surface area contributed by atoms with E-state index in [0.29, 0.717) is 13.0 Å². The minimum atomic E-state index is -0.267. The minimum absolute atomic E-state index is 0.193. The number of nitriles is 1. The number of ether oxygens (including phenoxy) is 1. The second-order valence-corrected chi connectivity index (χ2v) is 3.45. The van der Waals surface area contributed by atoms with Gasteiger partial charge in [0, 0.05) is 0 Å². The van der Waals surface area contributed by atoms with Crippen LogP contribution in [0.2, 0.25) is 0 Å². The first-order valence-corrected chi connectivity index (χ1v) is 5.07. The molecule has 0 spiro atoms. The molecule has 0 radical (unpaired) electrons. The molecule has 72 valence electrons. The maximum absolute atomic E-state index is 10.9. The van der Waals surface area contributed by atoms with Crippen LogP contribution in [-0.4, -0.2) is 23.6 Å². The van der Waals surface area contributed by atoms with Crippen molar-refractivity contribution in [1.82, 2.24) is 0 Å². The van der Waals surface area contributed by atoms with E-state index in [1.54, 1.807) is 13.0 Å². The van der Waals surface area contributed by atoms with E-state index in [1.165, 1.54) is 11.8 Å². The molecule has 0 aromatic rings. The third-order valence-electron chi connectivity index (χ3n) is 1.23. The Labute approximate surface area is 82.8 Å². The zero-order valence-corrected chi connectivity index (χ0v) is 8.47. The summed E-state index contributed by atoms with van der Waals surface area (Å²) in [5, 5.41) is 8.44. The number of carbonyl (C=O) groups excluding carboxylic acids is 1. The molecule has 0 aliphatic carbocycles. The summed E-state index contributed by atoms with van der Waals surface area (Å²) in [7, 11) is 0. The standard InChI is InChI=1S/C9H13NO2S/c1-3-5-8(6-10)13-7-9(11)12-4-2/h3,8H,1,4-5,7H2,2H3. The molecule has 0 aromatic heterocycles. The molecule has 1 unspecified atom stereocenters. The van der Waals surface area contributed by atoms with Gasteiger partial charge in [-0.15, -0.1) is 18.3 Å². The minimum Gasteiger partial charge on any atom is -0.465 e. The number of allylic oxidation sites excluding steroid dienone is 1. The maximum atomic E-state index is 10.9. The van der Waals surface area contributed by atoms with Gasteiger partial charge in [0.05, 0.1) is 23.7 Å². The summed E-state index contributed by atoms with van der Waals surface area (Å²) in [4.78, 5) is 10.9. The monoisotopic (exact) mass is 199 g/mol. The van der Waals surface area contributed by atoms with Crippen LogP contribution in [0.5, 0.6) is 0 Å². The van der Waals surface area contributed by atoms with E-state index >= 15 is 0 Å². The Hall–Kier alpha value is -0.950. The molecule has 0 aromatic carbocycles. The lowest BCUT2D eigenvalue weighted by atomic mass is 10.3. The van der Waals surface area contributed by atoms with Crippen molar-refractivity contribution in [3.63, 3.8) is 0 Å². The van der Waals surface area contributed by atoms with Crippen molar-refractivity contribution in [3.05, 3.63) is 12.7 Å². The lowest BCUT2D eigenvalue weighted by Crippen LogP contribution is -2.10. The van der Waals surface area contributed by atoms with E-state index < -0.39 is 0 Å². The molecule has 3 nitrogen and oxygen atoms in total. The van der Waals surface area contributed by atoms with Crippen molar-refractivity contribution >= 4 is 17.7 Å². The third kappa shape index (κ3) is 6.23. The van der Waals surface area contributed by atoms with E-state index in [4.69, 9.17) is 10.00 Å². The molecular weight excluding hydrogens is 186 g/mol. The lowest BCUT2D eigenvalue weighted by Gasteiger charge is -2.04. The molecule has 0 saturated carbocycles. The van der Waals surface area contributed by atoms with E-state index in [2.05, 4.69) is 12.6 Å². The lowest BCUT2D eigenvalue weighted by molar-refractivity contribution is -0.139.